The molecule has 76 valence electrons. The van der Waals surface area contributed by atoms with Gasteiger partial charge in [-0.1, -0.05) is 0 Å². The molecule has 1 atom stereocenters. The Kier molecular flexibility index (Phi) is 3.87. The number of hydrogen-bond acceptors (Lipinski definition) is 3. The van der Waals surface area contributed by atoms with Gasteiger partial charge in [-0.05, 0) is 24.6 Å². The Balaban J connectivity index is 2.63. The van der Waals surface area contributed by atoms with E-state index in [2.05, 4.69) is 20.7 Å². The van der Waals surface area contributed by atoms with Gasteiger partial charge in [-0.2, -0.15) is 0 Å². The summed E-state index contributed by atoms with van der Waals surface area (Å²) in [6.45, 7) is 2.03. The lowest BCUT2D eigenvalue weighted by molar-refractivity contribution is 0.690. The van der Waals surface area contributed by atoms with Crippen LogP contribution in [0.25, 0.3) is 0 Å². The summed E-state index contributed by atoms with van der Waals surface area (Å²) in [4.78, 5) is 7.87. The van der Waals surface area contributed by atoms with E-state index in [-0.39, 0.29) is 6.04 Å². The monoisotopic (exact) mass is 193 g/mol. The van der Waals surface area contributed by atoms with Crippen molar-refractivity contribution in [2.45, 2.75) is 13.0 Å². The molecule has 1 heterocycles. The minimum Gasteiger partial charge on any atom is -0.349 e. The molecular formula is C9H15N5. The van der Waals surface area contributed by atoms with Gasteiger partial charge < -0.3 is 5.32 Å². The Morgan fingerprint density at radius 1 is 1.50 bits per heavy atom. The molecule has 1 aromatic heterocycles. The van der Waals surface area contributed by atoms with E-state index in [4.69, 9.17) is 5.84 Å². The lowest BCUT2D eigenvalue weighted by Gasteiger charge is -2.15. The maximum absolute atomic E-state index is 5.25. The van der Waals surface area contributed by atoms with Crippen LogP contribution in [0.2, 0.25) is 0 Å². The third-order valence-corrected chi connectivity index (χ3v) is 1.92. The van der Waals surface area contributed by atoms with Crippen molar-refractivity contribution in [3.8, 4) is 0 Å². The van der Waals surface area contributed by atoms with Gasteiger partial charge in [0.2, 0.25) is 5.96 Å². The molecule has 1 rings (SSSR count). The van der Waals surface area contributed by atoms with Crippen LogP contribution in [0.4, 0.5) is 0 Å². The molecule has 0 aliphatic carbocycles. The van der Waals surface area contributed by atoms with Gasteiger partial charge in [0.15, 0.2) is 0 Å². The number of nitrogens with one attached hydrogen (secondary N) is 2. The molecule has 14 heavy (non-hydrogen) atoms. The molecule has 1 aromatic rings. The van der Waals surface area contributed by atoms with Gasteiger partial charge in [-0.25, -0.2) is 5.84 Å². The van der Waals surface area contributed by atoms with E-state index in [1.807, 2.05) is 19.1 Å². The van der Waals surface area contributed by atoms with Crippen molar-refractivity contribution in [3.63, 3.8) is 0 Å². The van der Waals surface area contributed by atoms with Gasteiger partial charge in [0, 0.05) is 19.4 Å². The third kappa shape index (κ3) is 2.70. The second kappa shape index (κ2) is 5.18. The van der Waals surface area contributed by atoms with Crippen molar-refractivity contribution in [1.82, 2.24) is 15.7 Å². The number of rotatable bonds is 2. The molecule has 4 N–H and O–H groups in total. The highest BCUT2D eigenvalue weighted by Gasteiger charge is 2.05. The van der Waals surface area contributed by atoms with Crippen LogP contribution in [0.1, 0.15) is 18.5 Å². The summed E-state index contributed by atoms with van der Waals surface area (Å²) in [7, 11) is 1.67. The number of hydrazine groups is 1. The average molecular weight is 193 g/mol. The number of aromatic nitrogens is 1. The SMILES string of the molecule is CN=C(NN)NC(C)c1ccncc1. The van der Waals surface area contributed by atoms with Gasteiger partial charge in [-0.15, -0.1) is 0 Å². The van der Waals surface area contributed by atoms with E-state index < -0.39 is 0 Å². The van der Waals surface area contributed by atoms with Gasteiger partial charge in [0.05, 0.1) is 6.04 Å². The first-order valence-electron chi connectivity index (χ1n) is 4.37. The van der Waals surface area contributed by atoms with Crippen molar-refractivity contribution in [2.75, 3.05) is 7.05 Å². The molecule has 0 aliphatic rings. The van der Waals surface area contributed by atoms with Crippen molar-refractivity contribution in [2.24, 2.45) is 10.8 Å². The predicted octanol–water partition coefficient (Wildman–Crippen LogP) is 0.181. The quantitative estimate of drug-likeness (QED) is 0.271. The van der Waals surface area contributed by atoms with Crippen LogP contribution in [0.3, 0.4) is 0 Å². The minimum atomic E-state index is 0.146. The molecule has 0 amide bonds. The second-order valence-electron chi connectivity index (χ2n) is 2.86. The summed E-state index contributed by atoms with van der Waals surface area (Å²) in [6.07, 6.45) is 3.51. The highest BCUT2D eigenvalue weighted by Crippen LogP contribution is 2.09. The maximum Gasteiger partial charge on any atom is 0.205 e. The topological polar surface area (TPSA) is 75.3 Å². The van der Waals surface area contributed by atoms with Crippen LogP contribution in [-0.2, 0) is 0 Å². The lowest BCUT2D eigenvalue weighted by atomic mass is 10.1. The summed E-state index contributed by atoms with van der Waals surface area (Å²) in [5.41, 5.74) is 3.61. The van der Waals surface area contributed by atoms with E-state index in [9.17, 15) is 0 Å². The molecule has 0 saturated heterocycles. The largest absolute Gasteiger partial charge is 0.349 e. The molecule has 5 nitrogen and oxygen atoms in total. The molecule has 0 radical (unpaired) electrons. The van der Waals surface area contributed by atoms with Crippen molar-refractivity contribution in [1.29, 1.82) is 0 Å². The average Bonchev–Trinajstić information content (AvgIpc) is 2.26. The molecule has 0 spiro atoms. The first-order chi connectivity index (χ1) is 6.77. The van der Waals surface area contributed by atoms with E-state index >= 15 is 0 Å². The molecule has 5 heteroatoms. The van der Waals surface area contributed by atoms with E-state index in [0.29, 0.717) is 5.96 Å². The van der Waals surface area contributed by atoms with Crippen LogP contribution < -0.4 is 16.6 Å². The fraction of sp³-hybridized carbons (Fsp3) is 0.333. The van der Waals surface area contributed by atoms with Crippen LogP contribution in [0.15, 0.2) is 29.5 Å². The van der Waals surface area contributed by atoms with Gasteiger partial charge in [0.1, 0.15) is 0 Å². The highest BCUT2D eigenvalue weighted by molar-refractivity contribution is 5.79. The Bertz CT molecular complexity index is 295. The van der Waals surface area contributed by atoms with E-state index in [0.717, 1.165) is 5.56 Å². The highest BCUT2D eigenvalue weighted by atomic mass is 15.3. The van der Waals surface area contributed by atoms with Gasteiger partial charge >= 0.3 is 0 Å². The molecular weight excluding hydrogens is 178 g/mol. The zero-order chi connectivity index (χ0) is 10.4. The van der Waals surface area contributed by atoms with Gasteiger partial charge in [-0.3, -0.25) is 15.4 Å². The lowest BCUT2D eigenvalue weighted by Crippen LogP contribution is -2.42. The van der Waals surface area contributed by atoms with Crippen LogP contribution in [0, 0.1) is 0 Å². The zero-order valence-electron chi connectivity index (χ0n) is 8.36. The molecule has 0 aromatic carbocycles. The number of nitrogens with zero attached hydrogens (tertiary/aromatic N) is 2. The molecule has 0 fully saturated rings. The summed E-state index contributed by atoms with van der Waals surface area (Å²) >= 11 is 0. The van der Waals surface area contributed by atoms with Crippen LogP contribution in [-0.4, -0.2) is 18.0 Å². The Morgan fingerprint density at radius 2 is 2.14 bits per heavy atom. The van der Waals surface area contributed by atoms with Crippen LogP contribution >= 0.6 is 0 Å². The number of pyridine rings is 1. The fourth-order valence-electron chi connectivity index (χ4n) is 1.11. The smallest absolute Gasteiger partial charge is 0.205 e. The van der Waals surface area contributed by atoms with Gasteiger partial charge in [0.25, 0.3) is 0 Å². The van der Waals surface area contributed by atoms with E-state index in [1.165, 1.54) is 0 Å². The normalized spacial score (nSPS) is 13.5. The van der Waals surface area contributed by atoms with Crippen molar-refractivity contribution in [3.05, 3.63) is 30.1 Å². The molecule has 0 saturated carbocycles. The molecule has 0 bridgehead atoms. The summed E-state index contributed by atoms with van der Waals surface area (Å²) in [5.74, 6) is 5.82. The Morgan fingerprint density at radius 3 is 2.64 bits per heavy atom. The summed E-state index contributed by atoms with van der Waals surface area (Å²) in [5, 5.41) is 3.12. The van der Waals surface area contributed by atoms with Crippen LogP contribution in [0.5, 0.6) is 0 Å². The number of hydrogen-bond donors (Lipinski definition) is 3. The first-order valence-corrected chi connectivity index (χ1v) is 4.37. The zero-order valence-corrected chi connectivity index (χ0v) is 8.36. The number of guanidine groups is 1. The first kappa shape index (κ1) is 10.5. The molecule has 0 aliphatic heterocycles. The number of aliphatic imine (C=N–C) groups is 1. The van der Waals surface area contributed by atoms with Crippen molar-refractivity contribution >= 4 is 5.96 Å². The number of nitrogens with two attached hydrogens (primary N) is 1. The summed E-state index contributed by atoms with van der Waals surface area (Å²) < 4.78 is 0. The minimum absolute atomic E-state index is 0.146. The van der Waals surface area contributed by atoms with Crippen molar-refractivity contribution < 1.29 is 0 Å². The second-order valence-corrected chi connectivity index (χ2v) is 2.86. The Labute approximate surface area is 83.4 Å². The summed E-state index contributed by atoms with van der Waals surface area (Å²) in [6, 6.07) is 4.04. The predicted molar refractivity (Wildman–Crippen MR) is 56.5 cm³/mol. The Hall–Kier alpha value is -1.62. The third-order valence-electron chi connectivity index (χ3n) is 1.92. The maximum atomic E-state index is 5.25. The van der Waals surface area contributed by atoms with E-state index in [1.54, 1.807) is 19.4 Å². The molecule has 1 unspecified atom stereocenters. The standard InChI is InChI=1S/C9H15N5/c1-7(13-9(11-2)14-10)8-3-5-12-6-4-8/h3-7H,10H2,1-2H3,(H2,11,13,14). The fourth-order valence-corrected chi connectivity index (χ4v) is 1.11.